The van der Waals surface area contributed by atoms with Crippen molar-refractivity contribution >= 4 is 31.3 Å². The molecule has 15 heavy (non-hydrogen) atoms. The molecule has 0 amide bonds. The Hall–Kier alpha value is -0.320. The van der Waals surface area contributed by atoms with Crippen LogP contribution in [-0.2, 0) is 15.5 Å². The molecule has 0 saturated carbocycles. The number of halogens is 3. The number of rotatable bonds is 3. The van der Waals surface area contributed by atoms with Crippen LogP contribution < -0.4 is 0 Å². The topological polar surface area (TPSA) is 34.1 Å². The fourth-order valence-corrected chi connectivity index (χ4v) is 2.08. The minimum absolute atomic E-state index is 0.0318. The maximum absolute atomic E-state index is 13.3. The van der Waals surface area contributed by atoms with Crippen molar-refractivity contribution in [2.75, 3.05) is 5.75 Å². The molecule has 0 aliphatic heterocycles. The number of hydrogen-bond donors (Lipinski definition) is 0. The molecule has 0 spiro atoms. The molecule has 0 saturated heterocycles. The third-order valence-corrected chi connectivity index (χ3v) is 3.64. The van der Waals surface area contributed by atoms with E-state index in [0.29, 0.717) is 16.1 Å². The predicted octanol–water partition coefficient (Wildman–Crippen LogP) is 2.90. The molecule has 84 valence electrons. The van der Waals surface area contributed by atoms with E-state index in [1.54, 1.807) is 6.92 Å². The van der Waals surface area contributed by atoms with Crippen LogP contribution in [0.4, 0.5) is 4.39 Å². The lowest BCUT2D eigenvalue weighted by atomic mass is 10.1. The summed E-state index contributed by atoms with van der Waals surface area (Å²) in [5.41, 5.74) is 0.851. The fraction of sp³-hybridized carbons (Fsp3) is 0.333. The first kappa shape index (κ1) is 12.7. The van der Waals surface area contributed by atoms with Crippen LogP contribution in [0, 0.1) is 12.7 Å². The largest absolute Gasteiger partial charge is 0.232 e. The zero-order chi connectivity index (χ0) is 11.6. The summed E-state index contributed by atoms with van der Waals surface area (Å²) < 4.78 is 34.8. The Labute approximate surface area is 97.4 Å². The van der Waals surface area contributed by atoms with Crippen molar-refractivity contribution < 1.29 is 12.8 Å². The molecule has 0 atom stereocenters. The molecule has 2 nitrogen and oxygen atoms in total. The van der Waals surface area contributed by atoms with Crippen molar-refractivity contribution in [3.8, 4) is 0 Å². The van der Waals surface area contributed by atoms with Crippen molar-refractivity contribution in [1.29, 1.82) is 0 Å². The van der Waals surface area contributed by atoms with E-state index in [1.165, 1.54) is 12.1 Å². The molecule has 0 aliphatic rings. The normalized spacial score (nSPS) is 11.7. The quantitative estimate of drug-likeness (QED) is 0.792. The molecular formula is C9H9Cl2FO2S. The van der Waals surface area contributed by atoms with Gasteiger partial charge in [0.1, 0.15) is 5.82 Å². The van der Waals surface area contributed by atoms with Crippen LogP contribution >= 0.6 is 22.3 Å². The second kappa shape index (κ2) is 4.68. The molecule has 0 N–H and O–H groups in total. The van der Waals surface area contributed by atoms with Crippen LogP contribution in [0.15, 0.2) is 12.1 Å². The third-order valence-electron chi connectivity index (χ3n) is 2.07. The lowest BCUT2D eigenvalue weighted by molar-refractivity contribution is 0.600. The highest BCUT2D eigenvalue weighted by Crippen LogP contribution is 2.22. The summed E-state index contributed by atoms with van der Waals surface area (Å²) in [4.78, 5) is 0. The van der Waals surface area contributed by atoms with Crippen LogP contribution in [0.1, 0.15) is 11.1 Å². The lowest BCUT2D eigenvalue weighted by Gasteiger charge is -2.07. The minimum atomic E-state index is -3.61. The summed E-state index contributed by atoms with van der Waals surface area (Å²) >= 11 is 5.79. The van der Waals surface area contributed by atoms with Gasteiger partial charge in [0.2, 0.25) is 9.05 Å². The molecule has 0 radical (unpaired) electrons. The van der Waals surface area contributed by atoms with Gasteiger partial charge in [0.05, 0.1) is 5.75 Å². The lowest BCUT2D eigenvalue weighted by Crippen LogP contribution is -2.05. The highest BCUT2D eigenvalue weighted by atomic mass is 35.7. The minimum Gasteiger partial charge on any atom is -0.212 e. The van der Waals surface area contributed by atoms with Crippen molar-refractivity contribution in [3.05, 3.63) is 34.1 Å². The zero-order valence-corrected chi connectivity index (χ0v) is 10.3. The van der Waals surface area contributed by atoms with Gasteiger partial charge >= 0.3 is 0 Å². The Morgan fingerprint density at radius 1 is 1.40 bits per heavy atom. The van der Waals surface area contributed by atoms with Crippen LogP contribution in [0.3, 0.4) is 0 Å². The van der Waals surface area contributed by atoms with E-state index >= 15 is 0 Å². The molecule has 0 aliphatic carbocycles. The summed E-state index contributed by atoms with van der Waals surface area (Å²) in [5, 5.41) is 0.415. The Balaban J connectivity index is 2.99. The molecule has 0 bridgehead atoms. The summed E-state index contributed by atoms with van der Waals surface area (Å²) in [6.45, 7) is 1.64. The standard InChI is InChI=1S/C9H9Cl2FO2S/c1-6-7(4-5-15(11,13)14)9(12)3-2-8(6)10/h2-3H,4-5H2,1H3. The van der Waals surface area contributed by atoms with Gasteiger partial charge in [0.25, 0.3) is 0 Å². The smallest absolute Gasteiger partial charge is 0.212 e. The van der Waals surface area contributed by atoms with Gasteiger partial charge in [-0.15, -0.1) is 0 Å². The Kier molecular flexibility index (Phi) is 3.98. The van der Waals surface area contributed by atoms with Gasteiger partial charge in [-0.2, -0.15) is 0 Å². The van der Waals surface area contributed by atoms with E-state index in [1.807, 2.05) is 0 Å². The van der Waals surface area contributed by atoms with Gasteiger partial charge in [-0.25, -0.2) is 12.8 Å². The summed E-state index contributed by atoms with van der Waals surface area (Å²) in [6, 6.07) is 2.65. The molecule has 0 fully saturated rings. The van der Waals surface area contributed by atoms with E-state index in [9.17, 15) is 12.8 Å². The van der Waals surface area contributed by atoms with Crippen molar-refractivity contribution in [2.45, 2.75) is 13.3 Å². The maximum Gasteiger partial charge on any atom is 0.232 e. The molecular weight excluding hydrogens is 262 g/mol. The van der Waals surface area contributed by atoms with E-state index in [-0.39, 0.29) is 12.2 Å². The fourth-order valence-electron chi connectivity index (χ4n) is 1.23. The molecule has 0 aromatic heterocycles. The third kappa shape index (κ3) is 3.63. The van der Waals surface area contributed by atoms with E-state index in [4.69, 9.17) is 22.3 Å². The average molecular weight is 271 g/mol. The van der Waals surface area contributed by atoms with Gasteiger partial charge < -0.3 is 0 Å². The number of hydrogen-bond acceptors (Lipinski definition) is 2. The van der Waals surface area contributed by atoms with E-state index < -0.39 is 14.9 Å². The first-order valence-corrected chi connectivity index (χ1v) is 7.02. The number of benzene rings is 1. The van der Waals surface area contributed by atoms with Crippen LogP contribution in [-0.4, -0.2) is 14.2 Å². The molecule has 1 aromatic carbocycles. The average Bonchev–Trinajstić information content (AvgIpc) is 2.10. The molecule has 0 unspecified atom stereocenters. The van der Waals surface area contributed by atoms with Crippen LogP contribution in [0.25, 0.3) is 0 Å². The van der Waals surface area contributed by atoms with Crippen molar-refractivity contribution in [3.63, 3.8) is 0 Å². The van der Waals surface area contributed by atoms with Crippen molar-refractivity contribution in [2.24, 2.45) is 0 Å². The SMILES string of the molecule is Cc1c(Cl)ccc(F)c1CCS(=O)(=O)Cl. The van der Waals surface area contributed by atoms with Crippen LogP contribution in [0.5, 0.6) is 0 Å². The van der Waals surface area contributed by atoms with Gasteiger partial charge in [-0.1, -0.05) is 11.6 Å². The van der Waals surface area contributed by atoms with Gasteiger partial charge in [-0.3, -0.25) is 0 Å². The molecule has 0 heterocycles. The highest BCUT2D eigenvalue weighted by Gasteiger charge is 2.12. The maximum atomic E-state index is 13.3. The Morgan fingerprint density at radius 2 is 2.00 bits per heavy atom. The summed E-state index contributed by atoms with van der Waals surface area (Å²) in [6.07, 6.45) is 0.0318. The molecule has 1 aromatic rings. The predicted molar refractivity (Wildman–Crippen MR) is 59.5 cm³/mol. The van der Waals surface area contributed by atoms with E-state index in [0.717, 1.165) is 0 Å². The first-order valence-electron chi connectivity index (χ1n) is 4.17. The van der Waals surface area contributed by atoms with Gasteiger partial charge in [0.15, 0.2) is 0 Å². The second-order valence-corrected chi connectivity index (χ2v) is 6.43. The van der Waals surface area contributed by atoms with Crippen molar-refractivity contribution in [1.82, 2.24) is 0 Å². The molecule has 6 heteroatoms. The van der Waals surface area contributed by atoms with Gasteiger partial charge in [-0.05, 0) is 36.6 Å². The second-order valence-electron chi connectivity index (χ2n) is 3.13. The van der Waals surface area contributed by atoms with Crippen LogP contribution in [0.2, 0.25) is 5.02 Å². The zero-order valence-electron chi connectivity index (χ0n) is 7.93. The monoisotopic (exact) mass is 270 g/mol. The highest BCUT2D eigenvalue weighted by molar-refractivity contribution is 8.13. The summed E-state index contributed by atoms with van der Waals surface area (Å²) in [5.74, 6) is -0.760. The molecule has 1 rings (SSSR count). The Bertz CT molecular complexity index is 471. The first-order chi connectivity index (χ1) is 6.81. The summed E-state index contributed by atoms with van der Waals surface area (Å²) in [7, 11) is 1.44. The van der Waals surface area contributed by atoms with E-state index in [2.05, 4.69) is 0 Å². The Morgan fingerprint density at radius 3 is 2.53 bits per heavy atom. The van der Waals surface area contributed by atoms with Gasteiger partial charge in [0, 0.05) is 15.7 Å².